The minimum absolute atomic E-state index is 0.0469. The summed E-state index contributed by atoms with van der Waals surface area (Å²) in [4.78, 5) is 4.82. The fraction of sp³-hybridized carbons (Fsp3) is 0.526. The van der Waals surface area contributed by atoms with E-state index in [2.05, 4.69) is 23.3 Å². The molecule has 140 valence electrons. The van der Waals surface area contributed by atoms with Gasteiger partial charge in [0.25, 0.3) is 0 Å². The first-order valence-corrected chi connectivity index (χ1v) is 10.4. The largest absolute Gasteiger partial charge is 0.508 e. The summed E-state index contributed by atoms with van der Waals surface area (Å²) in [6, 6.07) is 4.42. The van der Waals surface area contributed by atoms with Crippen molar-refractivity contribution in [1.29, 1.82) is 0 Å². The number of benzene rings is 1. The molecule has 1 aromatic carbocycles. The van der Waals surface area contributed by atoms with Crippen molar-refractivity contribution in [2.75, 3.05) is 6.54 Å². The predicted molar refractivity (Wildman–Crippen MR) is 98.0 cm³/mol. The van der Waals surface area contributed by atoms with Crippen LogP contribution in [0.3, 0.4) is 0 Å². The lowest BCUT2D eigenvalue weighted by molar-refractivity contribution is 0.186. The van der Waals surface area contributed by atoms with E-state index in [9.17, 15) is 13.5 Å². The minimum atomic E-state index is -4.64. The van der Waals surface area contributed by atoms with Gasteiger partial charge in [0.15, 0.2) is 0 Å². The average molecular weight is 377 g/mol. The Labute approximate surface area is 153 Å². The van der Waals surface area contributed by atoms with E-state index in [1.807, 2.05) is 0 Å². The van der Waals surface area contributed by atoms with Crippen LogP contribution in [0.5, 0.6) is 11.5 Å². The Morgan fingerprint density at radius 1 is 1.23 bits per heavy atom. The zero-order valence-corrected chi connectivity index (χ0v) is 15.4. The van der Waals surface area contributed by atoms with Crippen molar-refractivity contribution in [1.82, 2.24) is 0 Å². The number of allylic oxidation sites excluding steroid dienone is 2. The highest BCUT2D eigenvalue weighted by Gasteiger charge is 2.45. The maximum atomic E-state index is 11.0. The summed E-state index contributed by atoms with van der Waals surface area (Å²) < 4.78 is 35.6. The molecule has 0 radical (unpaired) electrons. The number of hydrogen-bond donors (Lipinski definition) is 2. The number of aliphatic imine (C=N–C) groups is 1. The molecule has 0 amide bonds. The van der Waals surface area contributed by atoms with Gasteiger partial charge in [-0.25, -0.2) is 0 Å². The van der Waals surface area contributed by atoms with Gasteiger partial charge in [0.1, 0.15) is 11.5 Å². The Kier molecular flexibility index (Phi) is 4.31. The van der Waals surface area contributed by atoms with Gasteiger partial charge >= 0.3 is 10.4 Å². The van der Waals surface area contributed by atoms with Crippen molar-refractivity contribution in [3.63, 3.8) is 0 Å². The fourth-order valence-electron chi connectivity index (χ4n) is 5.03. The van der Waals surface area contributed by atoms with E-state index in [0.717, 1.165) is 18.5 Å². The van der Waals surface area contributed by atoms with Crippen LogP contribution in [0.25, 0.3) is 0 Å². The molecule has 7 heteroatoms. The molecule has 2 N–H and O–H groups in total. The Morgan fingerprint density at radius 2 is 2.04 bits per heavy atom. The standard InChI is InChI=1S/C19H23NO5S/c1-11-10-20-17-4-2-3-12-5-6-16(18(11)19(12)17)13-7-14(21)9-15(8-13)25-26(22,23)24/h5-9,11-12,16,18-19,21H,2-4,10H2,1H3,(H,22,23,24)/t11?,12-,16-,18?,19-/m1/s1. The van der Waals surface area contributed by atoms with Gasteiger partial charge in [-0.1, -0.05) is 19.1 Å². The summed E-state index contributed by atoms with van der Waals surface area (Å²) in [6.07, 6.45) is 7.85. The molecule has 0 bridgehead atoms. The number of nitrogens with zero attached hydrogens (tertiary/aromatic N) is 1. The molecule has 0 saturated heterocycles. The van der Waals surface area contributed by atoms with Crippen LogP contribution in [0.4, 0.5) is 0 Å². The second kappa shape index (κ2) is 6.39. The van der Waals surface area contributed by atoms with Gasteiger partial charge in [-0.3, -0.25) is 9.55 Å². The lowest BCUT2D eigenvalue weighted by atomic mass is 9.58. The third-order valence-electron chi connectivity index (χ3n) is 5.95. The quantitative estimate of drug-likeness (QED) is 0.622. The number of aromatic hydroxyl groups is 1. The molecule has 0 spiro atoms. The normalized spacial score (nSPS) is 33.3. The van der Waals surface area contributed by atoms with Crippen LogP contribution in [0.1, 0.15) is 37.7 Å². The van der Waals surface area contributed by atoms with Crippen molar-refractivity contribution in [2.24, 2.45) is 28.7 Å². The highest BCUT2D eigenvalue weighted by Crippen LogP contribution is 2.50. The molecule has 1 heterocycles. The van der Waals surface area contributed by atoms with Gasteiger partial charge in [0.05, 0.1) is 0 Å². The smallest absolute Gasteiger partial charge is 0.446 e. The molecule has 2 aliphatic carbocycles. The first-order chi connectivity index (χ1) is 12.3. The summed E-state index contributed by atoms with van der Waals surface area (Å²) >= 11 is 0. The van der Waals surface area contributed by atoms with Crippen LogP contribution in [0, 0.1) is 23.7 Å². The molecule has 1 fully saturated rings. The maximum Gasteiger partial charge on any atom is 0.446 e. The second-order valence-electron chi connectivity index (χ2n) is 7.65. The van der Waals surface area contributed by atoms with Crippen molar-refractivity contribution < 1.29 is 22.3 Å². The van der Waals surface area contributed by atoms with Crippen LogP contribution in [0.2, 0.25) is 0 Å². The van der Waals surface area contributed by atoms with Gasteiger partial charge in [-0.2, -0.15) is 8.42 Å². The summed E-state index contributed by atoms with van der Waals surface area (Å²) in [6.45, 7) is 3.02. The zero-order valence-electron chi connectivity index (χ0n) is 14.6. The molecule has 2 unspecified atom stereocenters. The van der Waals surface area contributed by atoms with Gasteiger partial charge in [0.2, 0.25) is 0 Å². The third-order valence-corrected chi connectivity index (χ3v) is 6.35. The highest BCUT2D eigenvalue weighted by atomic mass is 32.3. The van der Waals surface area contributed by atoms with Crippen molar-refractivity contribution >= 4 is 16.1 Å². The van der Waals surface area contributed by atoms with Crippen molar-refractivity contribution in [2.45, 2.75) is 32.1 Å². The molecule has 6 nitrogen and oxygen atoms in total. The molecule has 5 atom stereocenters. The summed E-state index contributed by atoms with van der Waals surface area (Å²) in [5, 5.41) is 10.0. The first kappa shape index (κ1) is 17.5. The first-order valence-electron chi connectivity index (χ1n) is 9.04. The molecule has 0 aromatic heterocycles. The number of rotatable bonds is 3. The number of phenols is 1. The van der Waals surface area contributed by atoms with Gasteiger partial charge in [-0.15, -0.1) is 0 Å². The van der Waals surface area contributed by atoms with E-state index >= 15 is 0 Å². The van der Waals surface area contributed by atoms with E-state index in [1.54, 1.807) is 12.1 Å². The van der Waals surface area contributed by atoms with Gasteiger partial charge in [0, 0.05) is 30.2 Å². The Bertz CT molecular complexity index is 876. The van der Waals surface area contributed by atoms with E-state index in [4.69, 9.17) is 9.55 Å². The van der Waals surface area contributed by atoms with Crippen LogP contribution >= 0.6 is 0 Å². The summed E-state index contributed by atoms with van der Waals surface area (Å²) in [7, 11) is -4.64. The van der Waals surface area contributed by atoms with Crippen molar-refractivity contribution in [3.8, 4) is 11.5 Å². The maximum absolute atomic E-state index is 11.0. The number of phenolic OH excluding ortho intramolecular Hbond substituents is 1. The minimum Gasteiger partial charge on any atom is -0.508 e. The SMILES string of the molecule is CC1CN=C2CCC[C@@H]3C=C[C@H](c4cc(O)cc(OS(=O)(=O)O)c4)C1[C@@H]23. The van der Waals surface area contributed by atoms with Gasteiger partial charge in [-0.05, 0) is 54.7 Å². The van der Waals surface area contributed by atoms with E-state index in [-0.39, 0.29) is 17.4 Å². The number of hydrogen-bond acceptors (Lipinski definition) is 5. The predicted octanol–water partition coefficient (Wildman–Crippen LogP) is 3.35. The molecule has 1 aliphatic heterocycles. The third kappa shape index (κ3) is 3.25. The molecule has 3 aliphatic rings. The molecule has 26 heavy (non-hydrogen) atoms. The van der Waals surface area contributed by atoms with Crippen LogP contribution in [-0.4, -0.2) is 30.3 Å². The topological polar surface area (TPSA) is 96.2 Å². The van der Waals surface area contributed by atoms with Crippen LogP contribution in [-0.2, 0) is 10.4 Å². The Morgan fingerprint density at radius 3 is 2.81 bits per heavy atom. The molecule has 1 saturated carbocycles. The van der Waals surface area contributed by atoms with Gasteiger partial charge < -0.3 is 9.29 Å². The lowest BCUT2D eigenvalue weighted by Gasteiger charge is -2.48. The molecular weight excluding hydrogens is 354 g/mol. The Balaban J connectivity index is 1.75. The van der Waals surface area contributed by atoms with E-state index in [1.165, 1.54) is 24.6 Å². The monoisotopic (exact) mass is 377 g/mol. The summed E-state index contributed by atoms with van der Waals surface area (Å²) in [5.41, 5.74) is 2.11. The van der Waals surface area contributed by atoms with E-state index < -0.39 is 10.4 Å². The van der Waals surface area contributed by atoms with E-state index in [0.29, 0.717) is 23.7 Å². The molecular formula is C19H23NO5S. The second-order valence-corrected chi connectivity index (χ2v) is 8.67. The van der Waals surface area contributed by atoms with Crippen LogP contribution < -0.4 is 4.18 Å². The van der Waals surface area contributed by atoms with Crippen LogP contribution in [0.15, 0.2) is 35.3 Å². The average Bonchev–Trinajstić information content (AvgIpc) is 2.56. The van der Waals surface area contributed by atoms with Crippen molar-refractivity contribution in [3.05, 3.63) is 35.9 Å². The Hall–Kier alpha value is -1.86. The summed E-state index contributed by atoms with van der Waals surface area (Å²) in [5.74, 6) is 1.56. The highest BCUT2D eigenvalue weighted by molar-refractivity contribution is 7.81. The molecule has 4 rings (SSSR count). The zero-order chi connectivity index (χ0) is 18.5. The molecule has 1 aromatic rings. The lowest BCUT2D eigenvalue weighted by Crippen LogP contribution is -2.45. The fourth-order valence-corrected chi connectivity index (χ4v) is 5.37.